The van der Waals surface area contributed by atoms with Crippen LogP contribution in [0, 0.1) is 6.92 Å². The van der Waals surface area contributed by atoms with E-state index in [1.165, 1.54) is 6.92 Å². The Kier molecular flexibility index (Phi) is 4.76. The summed E-state index contributed by atoms with van der Waals surface area (Å²) in [6.45, 7) is 1.49. The zero-order chi connectivity index (χ0) is 13.9. The molecule has 1 rings (SSSR count). The highest BCUT2D eigenvalue weighted by atomic mass is 32.1. The quantitative estimate of drug-likeness (QED) is 0.653. The number of aromatic nitrogens is 1. The van der Waals surface area contributed by atoms with Gasteiger partial charge in [-0.2, -0.15) is 0 Å². The first kappa shape index (κ1) is 14.6. The number of hydrogen-bond donors (Lipinski definition) is 3. The van der Waals surface area contributed by atoms with E-state index in [-0.39, 0.29) is 15.6 Å². The fourth-order valence-corrected chi connectivity index (χ4v) is 2.22. The van der Waals surface area contributed by atoms with Crippen LogP contribution in [0.25, 0.3) is 0 Å². The van der Waals surface area contributed by atoms with Crippen molar-refractivity contribution in [2.45, 2.75) is 25.6 Å². The Hall–Kier alpha value is -1.51. The van der Waals surface area contributed by atoms with Crippen LogP contribution in [0.5, 0.6) is 0 Å². The number of nitrogens with zero attached hydrogens (tertiary/aromatic N) is 1. The van der Waals surface area contributed by atoms with E-state index in [1.54, 1.807) is 0 Å². The molecule has 8 heteroatoms. The second kappa shape index (κ2) is 5.89. The number of carboxylic acid groups (broad SMARTS) is 1. The van der Waals surface area contributed by atoms with Crippen LogP contribution in [0.15, 0.2) is 0 Å². The first-order valence-corrected chi connectivity index (χ1v) is 5.82. The van der Waals surface area contributed by atoms with E-state index < -0.39 is 30.6 Å². The highest BCUT2D eigenvalue weighted by Crippen LogP contribution is 2.26. The molecule has 0 aromatic carbocycles. The summed E-state index contributed by atoms with van der Waals surface area (Å²) >= 11 is 0.766. The van der Waals surface area contributed by atoms with Crippen LogP contribution in [-0.4, -0.2) is 45.5 Å². The lowest BCUT2D eigenvalue weighted by molar-refractivity contribution is -0.144. The number of rotatable bonds is 5. The van der Waals surface area contributed by atoms with Gasteiger partial charge in [0.15, 0.2) is 0 Å². The summed E-state index contributed by atoms with van der Waals surface area (Å²) in [5, 5.41) is 28.2. The topological polar surface area (TPSA) is 117 Å². The van der Waals surface area contributed by atoms with Crippen LogP contribution in [0.2, 0.25) is 0 Å². The van der Waals surface area contributed by atoms with Gasteiger partial charge >= 0.3 is 11.9 Å². The second-order valence-electron chi connectivity index (χ2n) is 3.56. The number of carbonyl (C=O) groups is 2. The molecular formula is C10H13NO6S. The minimum Gasteiger partial charge on any atom is -0.477 e. The molecule has 1 aromatic rings. The molecule has 2 unspecified atom stereocenters. The molecule has 100 valence electrons. The van der Waals surface area contributed by atoms with Crippen molar-refractivity contribution in [3.8, 4) is 0 Å². The predicted molar refractivity (Wildman–Crippen MR) is 61.4 cm³/mol. The lowest BCUT2D eigenvalue weighted by atomic mass is 10.1. The maximum Gasteiger partial charge on any atom is 0.347 e. The highest BCUT2D eigenvalue weighted by molar-refractivity contribution is 7.13. The number of methoxy groups -OCH3 is 1. The van der Waals surface area contributed by atoms with Crippen LogP contribution in [0.4, 0.5) is 0 Å². The smallest absolute Gasteiger partial charge is 0.347 e. The Labute approximate surface area is 107 Å². The normalized spacial score (nSPS) is 14.0. The Balaban J connectivity index is 2.83. The molecule has 0 aliphatic carbocycles. The molecule has 0 aliphatic heterocycles. The third-order valence-corrected chi connectivity index (χ3v) is 3.44. The van der Waals surface area contributed by atoms with Crippen molar-refractivity contribution in [1.82, 2.24) is 4.98 Å². The number of aliphatic hydroxyl groups is 2. The fourth-order valence-electron chi connectivity index (χ4n) is 1.27. The Morgan fingerprint density at radius 3 is 2.50 bits per heavy atom. The van der Waals surface area contributed by atoms with Crippen LogP contribution in [-0.2, 0) is 9.53 Å². The molecule has 0 radical (unpaired) electrons. The molecule has 3 N–H and O–H groups in total. The molecule has 0 amide bonds. The lowest BCUT2D eigenvalue weighted by Gasteiger charge is -2.13. The van der Waals surface area contributed by atoms with Gasteiger partial charge < -0.3 is 20.1 Å². The minimum atomic E-state index is -1.42. The Morgan fingerprint density at radius 2 is 2.06 bits per heavy atom. The van der Waals surface area contributed by atoms with E-state index in [0.29, 0.717) is 0 Å². The zero-order valence-corrected chi connectivity index (χ0v) is 10.6. The van der Waals surface area contributed by atoms with Crippen molar-refractivity contribution in [1.29, 1.82) is 0 Å². The Morgan fingerprint density at radius 1 is 1.44 bits per heavy atom. The van der Waals surface area contributed by atoms with E-state index in [0.717, 1.165) is 18.4 Å². The largest absolute Gasteiger partial charge is 0.477 e. The molecule has 1 heterocycles. The van der Waals surface area contributed by atoms with Gasteiger partial charge in [-0.1, -0.05) is 0 Å². The molecule has 0 aliphatic rings. The van der Waals surface area contributed by atoms with Gasteiger partial charge in [-0.25, -0.2) is 9.78 Å². The first-order valence-electron chi connectivity index (χ1n) is 5.00. The zero-order valence-electron chi connectivity index (χ0n) is 9.78. The first-order chi connectivity index (χ1) is 8.36. The Bertz CT molecular complexity index is 457. The molecule has 2 atom stereocenters. The molecule has 7 nitrogen and oxygen atoms in total. The van der Waals surface area contributed by atoms with Gasteiger partial charge in [0, 0.05) is 0 Å². The van der Waals surface area contributed by atoms with E-state index in [1.807, 2.05) is 0 Å². The third kappa shape index (κ3) is 3.25. The number of thiazole rings is 1. The van der Waals surface area contributed by atoms with Gasteiger partial charge in [0.25, 0.3) is 0 Å². The van der Waals surface area contributed by atoms with Gasteiger partial charge in [-0.15, -0.1) is 11.3 Å². The number of aliphatic hydroxyl groups excluding tert-OH is 2. The van der Waals surface area contributed by atoms with Gasteiger partial charge in [-0.3, -0.25) is 4.79 Å². The number of esters is 1. The molecular weight excluding hydrogens is 262 g/mol. The van der Waals surface area contributed by atoms with Crippen molar-refractivity contribution in [3.05, 3.63) is 15.6 Å². The monoisotopic (exact) mass is 275 g/mol. The number of aryl methyl sites for hydroxylation is 1. The van der Waals surface area contributed by atoms with E-state index in [4.69, 9.17) is 5.11 Å². The minimum absolute atomic E-state index is 0.00526. The summed E-state index contributed by atoms with van der Waals surface area (Å²) in [5.74, 6) is -1.82. The second-order valence-corrected chi connectivity index (χ2v) is 4.59. The summed E-state index contributed by atoms with van der Waals surface area (Å²) in [5.41, 5.74) is 0.256. The van der Waals surface area contributed by atoms with E-state index >= 15 is 0 Å². The number of carbonyl (C=O) groups excluding carboxylic acids is 1. The number of ether oxygens (including phenoxy) is 1. The van der Waals surface area contributed by atoms with Crippen molar-refractivity contribution >= 4 is 23.3 Å². The predicted octanol–water partition coefficient (Wildman–Crippen LogP) is 0.107. The summed E-state index contributed by atoms with van der Waals surface area (Å²) in [6.07, 6.45) is -3.19. The lowest BCUT2D eigenvalue weighted by Crippen LogP contribution is -2.22. The van der Waals surface area contributed by atoms with Crippen LogP contribution < -0.4 is 0 Å². The van der Waals surface area contributed by atoms with Gasteiger partial charge in [0.05, 0.1) is 25.3 Å². The highest BCUT2D eigenvalue weighted by Gasteiger charge is 2.26. The average Bonchev–Trinajstić information content (AvgIpc) is 2.70. The fraction of sp³-hybridized carbons (Fsp3) is 0.500. The molecule has 1 aromatic heterocycles. The van der Waals surface area contributed by atoms with Gasteiger partial charge in [0.2, 0.25) is 0 Å². The maximum atomic E-state index is 10.9. The molecule has 0 spiro atoms. The third-order valence-electron chi connectivity index (χ3n) is 2.23. The molecule has 0 fully saturated rings. The summed E-state index contributed by atoms with van der Waals surface area (Å²) < 4.78 is 4.35. The molecule has 0 bridgehead atoms. The van der Waals surface area contributed by atoms with Gasteiger partial charge in [-0.05, 0) is 6.92 Å². The number of hydrogen-bond acceptors (Lipinski definition) is 7. The SMILES string of the molecule is COC(=O)CC(O)C(O)c1nc(C)c(C(=O)O)s1. The summed E-state index contributed by atoms with van der Waals surface area (Å²) in [7, 11) is 1.16. The van der Waals surface area contributed by atoms with Crippen molar-refractivity contribution < 1.29 is 29.6 Å². The maximum absolute atomic E-state index is 10.9. The van der Waals surface area contributed by atoms with Crippen LogP contribution in [0.3, 0.4) is 0 Å². The van der Waals surface area contributed by atoms with Crippen LogP contribution in [0.1, 0.15) is 32.9 Å². The van der Waals surface area contributed by atoms with E-state index in [2.05, 4.69) is 9.72 Å². The van der Waals surface area contributed by atoms with Crippen molar-refractivity contribution in [3.63, 3.8) is 0 Å². The van der Waals surface area contributed by atoms with Gasteiger partial charge in [0.1, 0.15) is 16.0 Å². The summed E-state index contributed by atoms with van der Waals surface area (Å²) in [6, 6.07) is 0. The van der Waals surface area contributed by atoms with Crippen molar-refractivity contribution in [2.24, 2.45) is 0 Å². The average molecular weight is 275 g/mol. The van der Waals surface area contributed by atoms with E-state index in [9.17, 15) is 19.8 Å². The van der Waals surface area contributed by atoms with Crippen LogP contribution >= 0.6 is 11.3 Å². The number of carboxylic acids is 1. The molecule has 18 heavy (non-hydrogen) atoms. The van der Waals surface area contributed by atoms with Crippen molar-refractivity contribution in [2.75, 3.05) is 7.11 Å². The standard InChI is InChI=1S/C10H13NO6S/c1-4-8(10(15)16)18-9(11-4)7(14)5(12)3-6(13)17-2/h5,7,12,14H,3H2,1-2H3,(H,15,16). The molecule has 0 saturated heterocycles. The molecule has 0 saturated carbocycles. The number of aromatic carboxylic acids is 1. The summed E-state index contributed by atoms with van der Waals surface area (Å²) in [4.78, 5) is 25.6.